The second kappa shape index (κ2) is 6.56. The van der Waals surface area contributed by atoms with E-state index < -0.39 is 10.2 Å². The van der Waals surface area contributed by atoms with E-state index in [4.69, 9.17) is 18.6 Å². The summed E-state index contributed by atoms with van der Waals surface area (Å²) in [5.74, 6) is 0.582. The Morgan fingerprint density at radius 3 is 2.32 bits per heavy atom. The van der Waals surface area contributed by atoms with Crippen LogP contribution in [0.15, 0.2) is 54.9 Å². The molecule has 3 rings (SSSR count). The number of fused-ring (bicyclic) bond motifs is 2. The number of hydrogen-bond donors (Lipinski definition) is 3. The third kappa shape index (κ3) is 4.62. The number of rotatable bonds is 1. The van der Waals surface area contributed by atoms with Crippen LogP contribution < -0.4 is 9.06 Å². The zero-order chi connectivity index (χ0) is 16.3. The molecule has 3 aromatic rings. The van der Waals surface area contributed by atoms with E-state index in [0.29, 0.717) is 5.92 Å². The van der Waals surface area contributed by atoms with Crippen molar-refractivity contribution in [3.63, 3.8) is 0 Å². The first kappa shape index (κ1) is 16.6. The zero-order valence-electron chi connectivity index (χ0n) is 12.3. The standard InChI is InChI=1S/C16H16N.ClH3O4/c1-12(2)13-6-7-14-11-17-8-4-3-5-16(17)10-15(14)9-13;2-1(3,4)5/h3-12H,1-2H3;2-4H/q+1;. The molecule has 0 saturated heterocycles. The van der Waals surface area contributed by atoms with E-state index in [1.165, 1.54) is 21.9 Å². The first-order valence-electron chi connectivity index (χ1n) is 6.74. The van der Waals surface area contributed by atoms with Crippen LogP contribution in [0, 0.1) is 10.2 Å². The summed E-state index contributed by atoms with van der Waals surface area (Å²) in [5.41, 5.74) is 2.64. The van der Waals surface area contributed by atoms with E-state index in [-0.39, 0.29) is 0 Å². The molecule has 0 aliphatic rings. The third-order valence-corrected chi connectivity index (χ3v) is 3.28. The maximum atomic E-state index is 8.83. The molecule has 0 aliphatic heterocycles. The molecule has 0 bridgehead atoms. The Kier molecular flexibility index (Phi) is 4.95. The zero-order valence-corrected chi connectivity index (χ0v) is 13.1. The molecule has 2 aromatic heterocycles. The van der Waals surface area contributed by atoms with Crippen molar-refractivity contribution in [1.29, 1.82) is 0 Å². The minimum atomic E-state index is -4.19. The third-order valence-electron chi connectivity index (χ3n) is 3.28. The molecular weight excluding hydrogens is 306 g/mol. The number of hydrogen-bond acceptors (Lipinski definition) is 4. The Bertz CT molecular complexity index is 778. The molecule has 3 N–H and O–H groups in total. The van der Waals surface area contributed by atoms with Crippen LogP contribution in [-0.4, -0.2) is 14.0 Å². The van der Waals surface area contributed by atoms with Gasteiger partial charge in [0.25, 0.3) is 0 Å². The van der Waals surface area contributed by atoms with E-state index in [9.17, 15) is 0 Å². The van der Waals surface area contributed by atoms with Crippen molar-refractivity contribution in [3.8, 4) is 0 Å². The molecule has 1 aromatic carbocycles. The summed E-state index contributed by atoms with van der Waals surface area (Å²) in [6.45, 7) is 4.47. The summed E-state index contributed by atoms with van der Waals surface area (Å²) in [5, 5.41) is 2.61. The Morgan fingerprint density at radius 1 is 1.00 bits per heavy atom. The van der Waals surface area contributed by atoms with Gasteiger partial charge in [0, 0.05) is 23.6 Å². The average Bonchev–Trinajstić information content (AvgIpc) is 2.42. The van der Waals surface area contributed by atoms with Crippen LogP contribution in [0.4, 0.5) is 0 Å². The van der Waals surface area contributed by atoms with Gasteiger partial charge >= 0.3 is 28.9 Å². The van der Waals surface area contributed by atoms with E-state index in [0.717, 1.165) is 0 Å². The van der Waals surface area contributed by atoms with Gasteiger partial charge in [-0.2, -0.15) is 4.40 Å². The van der Waals surface area contributed by atoms with Crippen molar-refractivity contribution in [2.24, 2.45) is 0 Å². The normalized spacial score (nSPS) is 12.3. The summed E-state index contributed by atoms with van der Waals surface area (Å²) in [6, 6.07) is 15.3. The molecule has 0 unspecified atom stereocenters. The van der Waals surface area contributed by atoms with Gasteiger partial charge in [0.15, 0.2) is 12.4 Å². The second-order valence-electron chi connectivity index (χ2n) is 5.28. The number of benzene rings is 1. The molecule has 5 nitrogen and oxygen atoms in total. The van der Waals surface area contributed by atoms with E-state index >= 15 is 0 Å². The monoisotopic (exact) mass is 324 g/mol. The van der Waals surface area contributed by atoms with Crippen molar-refractivity contribution in [2.75, 3.05) is 0 Å². The van der Waals surface area contributed by atoms with Crippen molar-refractivity contribution in [3.05, 3.63) is 60.4 Å². The molecule has 0 aliphatic carbocycles. The number of pyridine rings is 2. The molecule has 0 radical (unpaired) electrons. The summed E-state index contributed by atoms with van der Waals surface area (Å²) in [6.07, 6.45) is 4.28. The van der Waals surface area contributed by atoms with Crippen molar-refractivity contribution in [2.45, 2.75) is 19.8 Å². The predicted octanol–water partition coefficient (Wildman–Crippen LogP) is 0.842. The van der Waals surface area contributed by atoms with Gasteiger partial charge in [-0.05, 0) is 29.0 Å². The van der Waals surface area contributed by atoms with Crippen molar-refractivity contribution < 1.29 is 33.3 Å². The first-order chi connectivity index (χ1) is 10.2. The molecule has 0 amide bonds. The molecule has 6 heteroatoms. The van der Waals surface area contributed by atoms with Crippen LogP contribution in [0.25, 0.3) is 16.3 Å². The van der Waals surface area contributed by atoms with Gasteiger partial charge < -0.3 is 0 Å². The molecular formula is C16H19ClNO4+. The van der Waals surface area contributed by atoms with Crippen LogP contribution in [0.3, 0.4) is 0 Å². The minimum absolute atomic E-state index is 0.582. The maximum absolute atomic E-state index is 8.83. The van der Waals surface area contributed by atoms with E-state index in [1.54, 1.807) is 0 Å². The van der Waals surface area contributed by atoms with Gasteiger partial charge in [-0.3, -0.25) is 0 Å². The number of nitrogens with zero attached hydrogens (tertiary/aromatic N) is 1. The molecule has 0 fully saturated rings. The van der Waals surface area contributed by atoms with Gasteiger partial charge in [-0.25, -0.2) is 0 Å². The van der Waals surface area contributed by atoms with Crippen LogP contribution in [0.2, 0.25) is 0 Å². The van der Waals surface area contributed by atoms with Gasteiger partial charge in [0.1, 0.15) is 0 Å². The van der Waals surface area contributed by atoms with Gasteiger partial charge in [-0.15, -0.1) is 0 Å². The number of halogens is 1. The SMILES string of the molecule is CC(C)c1ccc2c[n+]3ccccc3cc2c1.[O-][Cl+](O)(O)O. The predicted molar refractivity (Wildman–Crippen MR) is 77.9 cm³/mol. The Morgan fingerprint density at radius 2 is 1.68 bits per heavy atom. The van der Waals surface area contributed by atoms with Crippen molar-refractivity contribution >= 4 is 16.3 Å². The first-order valence-corrected chi connectivity index (χ1v) is 8.06. The summed E-state index contributed by atoms with van der Waals surface area (Å²) in [4.78, 5) is 0. The topological polar surface area (TPSA) is 87.9 Å². The molecule has 22 heavy (non-hydrogen) atoms. The second-order valence-corrected chi connectivity index (χ2v) is 6.15. The number of aromatic nitrogens is 1. The molecule has 0 saturated carbocycles. The van der Waals surface area contributed by atoms with E-state index in [2.05, 4.69) is 73.1 Å². The van der Waals surface area contributed by atoms with Crippen LogP contribution in [0.1, 0.15) is 25.3 Å². The Hall–Kier alpha value is -1.76. The van der Waals surface area contributed by atoms with Gasteiger partial charge in [0.2, 0.25) is 5.52 Å². The Balaban J connectivity index is 0.000000309. The van der Waals surface area contributed by atoms with Crippen molar-refractivity contribution in [1.82, 2.24) is 0 Å². The van der Waals surface area contributed by atoms with Gasteiger partial charge in [0.05, 0.1) is 0 Å². The summed E-state index contributed by atoms with van der Waals surface area (Å²) >= 11 is 0. The summed E-state index contributed by atoms with van der Waals surface area (Å²) in [7, 11) is -4.19. The van der Waals surface area contributed by atoms with Gasteiger partial charge in [-0.1, -0.05) is 26.0 Å². The Labute approximate surface area is 130 Å². The molecule has 0 spiro atoms. The molecule has 2 heterocycles. The fraction of sp³-hybridized carbons (Fsp3) is 0.188. The van der Waals surface area contributed by atoms with E-state index in [1.807, 2.05) is 0 Å². The fourth-order valence-corrected chi connectivity index (χ4v) is 2.21. The molecule has 118 valence electrons. The molecule has 0 atom stereocenters. The fourth-order valence-electron chi connectivity index (χ4n) is 2.21. The average molecular weight is 325 g/mol. The van der Waals surface area contributed by atoms with Crippen LogP contribution >= 0.6 is 0 Å². The quantitative estimate of drug-likeness (QED) is 0.457. The van der Waals surface area contributed by atoms with Crippen LogP contribution in [-0.2, 0) is 0 Å². The summed E-state index contributed by atoms with van der Waals surface area (Å²) < 4.78 is 32.4. The van der Waals surface area contributed by atoms with Crippen LogP contribution in [0.5, 0.6) is 0 Å².